The van der Waals surface area contributed by atoms with E-state index in [1.165, 1.54) is 16.7 Å². The average molecular weight is 428 g/mol. The smallest absolute Gasteiger partial charge is 0.340 e. The van der Waals surface area contributed by atoms with Crippen molar-refractivity contribution in [1.29, 1.82) is 0 Å². The van der Waals surface area contributed by atoms with Crippen LogP contribution in [0.2, 0.25) is 0 Å². The molecule has 1 aromatic heterocycles. The number of imidazole rings is 1. The van der Waals surface area contributed by atoms with Crippen LogP contribution in [0.5, 0.6) is 0 Å². The van der Waals surface area contributed by atoms with Crippen LogP contribution >= 0.6 is 0 Å². The summed E-state index contributed by atoms with van der Waals surface area (Å²) in [5, 5.41) is 0. The summed E-state index contributed by atoms with van der Waals surface area (Å²) in [6.45, 7) is 0.329. The first kappa shape index (κ1) is 20.5. The molecule has 10 heteroatoms. The third kappa shape index (κ3) is 3.83. The van der Waals surface area contributed by atoms with E-state index in [2.05, 4.69) is 4.98 Å². The van der Waals surface area contributed by atoms with Gasteiger partial charge in [-0.1, -0.05) is 12.1 Å². The van der Waals surface area contributed by atoms with E-state index in [4.69, 9.17) is 5.73 Å². The Balaban J connectivity index is 1.80. The van der Waals surface area contributed by atoms with Gasteiger partial charge in [0, 0.05) is 25.2 Å². The molecule has 30 heavy (non-hydrogen) atoms. The Kier molecular flexibility index (Phi) is 5.13. The van der Waals surface area contributed by atoms with Gasteiger partial charge in [-0.2, -0.15) is 13.2 Å². The van der Waals surface area contributed by atoms with E-state index < -0.39 is 35.6 Å². The number of hydrogen-bond donors (Lipinski definition) is 1. The van der Waals surface area contributed by atoms with Crippen LogP contribution < -0.4 is 10.6 Å². The lowest BCUT2D eigenvalue weighted by Crippen LogP contribution is -2.50. The number of nitrogens with zero attached hydrogens (tertiary/aromatic N) is 3. The Labute approximate surface area is 167 Å². The van der Waals surface area contributed by atoms with Crippen molar-refractivity contribution in [3.8, 4) is 0 Å². The summed E-state index contributed by atoms with van der Waals surface area (Å²) in [4.78, 5) is 6.03. The summed E-state index contributed by atoms with van der Waals surface area (Å²) >= 11 is 0. The highest BCUT2D eigenvalue weighted by molar-refractivity contribution is 5.79. The fourth-order valence-corrected chi connectivity index (χ4v) is 3.67. The fraction of sp³-hybridized carbons (Fsp3) is 0.350. The van der Waals surface area contributed by atoms with Crippen molar-refractivity contribution in [3.05, 3.63) is 59.2 Å². The molecule has 160 valence electrons. The lowest BCUT2D eigenvalue weighted by molar-refractivity contribution is -0.137. The van der Waals surface area contributed by atoms with Crippen molar-refractivity contribution in [1.82, 2.24) is 9.55 Å². The second kappa shape index (κ2) is 7.50. The molecule has 2 N–H and O–H groups in total. The summed E-state index contributed by atoms with van der Waals surface area (Å²) in [6.07, 6.45) is -5.55. The average Bonchev–Trinajstić information content (AvgIpc) is 3.01. The van der Waals surface area contributed by atoms with E-state index in [0.29, 0.717) is 5.56 Å². The molecule has 2 atom stereocenters. The molecule has 0 saturated carbocycles. The third-order valence-electron chi connectivity index (χ3n) is 5.22. The molecule has 2 heterocycles. The number of hydrogen-bond acceptors (Lipinski definition) is 3. The maximum absolute atomic E-state index is 13.9. The molecule has 0 spiro atoms. The Hall–Kier alpha value is -2.75. The molecule has 1 saturated heterocycles. The standard InChI is InChI=1S/C20H18F6N4/c21-13-4-5-29(10-16(13)27)19-28-17-7-14(22)15(23)8-18(17)30(19)9-11-2-1-3-12(6-11)20(24,25)26/h1-3,6-8,13,16H,4-5,9-10,27H2/t13-,16-/m1/s1. The highest BCUT2D eigenvalue weighted by Crippen LogP contribution is 2.32. The summed E-state index contributed by atoms with van der Waals surface area (Å²) in [5.41, 5.74) is 5.67. The minimum absolute atomic E-state index is 0.0639. The fourth-order valence-electron chi connectivity index (χ4n) is 3.67. The molecule has 3 aromatic rings. The molecule has 1 aliphatic rings. The number of rotatable bonds is 3. The van der Waals surface area contributed by atoms with Crippen LogP contribution in [0.25, 0.3) is 11.0 Å². The predicted molar refractivity (Wildman–Crippen MR) is 99.9 cm³/mol. The number of piperidine rings is 1. The first-order valence-electron chi connectivity index (χ1n) is 9.29. The largest absolute Gasteiger partial charge is 0.416 e. The lowest BCUT2D eigenvalue weighted by Gasteiger charge is -2.34. The quantitative estimate of drug-likeness (QED) is 0.635. The van der Waals surface area contributed by atoms with Crippen LogP contribution in [-0.2, 0) is 12.7 Å². The van der Waals surface area contributed by atoms with Crippen molar-refractivity contribution in [2.45, 2.75) is 31.4 Å². The van der Waals surface area contributed by atoms with E-state index in [0.717, 1.165) is 24.3 Å². The zero-order valence-electron chi connectivity index (χ0n) is 15.6. The summed E-state index contributed by atoms with van der Waals surface area (Å²) in [5.74, 6) is -1.91. The van der Waals surface area contributed by atoms with Crippen LogP contribution in [0.1, 0.15) is 17.5 Å². The van der Waals surface area contributed by atoms with E-state index >= 15 is 0 Å². The number of nitrogens with two attached hydrogens (primary N) is 1. The van der Waals surface area contributed by atoms with Crippen LogP contribution in [0.15, 0.2) is 36.4 Å². The van der Waals surface area contributed by atoms with Crippen LogP contribution in [0.4, 0.5) is 32.3 Å². The normalized spacial score (nSPS) is 20.2. The van der Waals surface area contributed by atoms with Gasteiger partial charge in [-0.3, -0.25) is 0 Å². The minimum atomic E-state index is -4.51. The van der Waals surface area contributed by atoms with Gasteiger partial charge in [0.1, 0.15) is 6.17 Å². The van der Waals surface area contributed by atoms with Crippen molar-refractivity contribution >= 4 is 17.0 Å². The minimum Gasteiger partial charge on any atom is -0.340 e. The van der Waals surface area contributed by atoms with Gasteiger partial charge in [-0.05, 0) is 24.1 Å². The molecular weight excluding hydrogens is 410 g/mol. The molecular formula is C20H18F6N4. The Morgan fingerprint density at radius 3 is 2.53 bits per heavy atom. The molecule has 1 fully saturated rings. The third-order valence-corrected chi connectivity index (χ3v) is 5.22. The first-order chi connectivity index (χ1) is 14.1. The van der Waals surface area contributed by atoms with Gasteiger partial charge in [-0.15, -0.1) is 0 Å². The van der Waals surface area contributed by atoms with Crippen LogP contribution in [0.3, 0.4) is 0 Å². The van der Waals surface area contributed by atoms with Gasteiger partial charge in [0.15, 0.2) is 11.6 Å². The predicted octanol–water partition coefficient (Wildman–Crippen LogP) is 4.26. The molecule has 4 rings (SSSR count). The molecule has 4 nitrogen and oxygen atoms in total. The maximum Gasteiger partial charge on any atom is 0.416 e. The van der Waals surface area contributed by atoms with Gasteiger partial charge in [0.2, 0.25) is 5.95 Å². The van der Waals surface area contributed by atoms with Gasteiger partial charge < -0.3 is 15.2 Å². The lowest BCUT2D eigenvalue weighted by atomic mass is 10.1. The van der Waals surface area contributed by atoms with E-state index in [9.17, 15) is 26.3 Å². The van der Waals surface area contributed by atoms with E-state index in [-0.39, 0.29) is 43.0 Å². The Bertz CT molecular complexity index is 1080. The second-order valence-corrected chi connectivity index (χ2v) is 7.37. The van der Waals surface area contributed by atoms with Gasteiger partial charge in [0.25, 0.3) is 0 Å². The van der Waals surface area contributed by atoms with Crippen molar-refractivity contribution < 1.29 is 26.3 Å². The zero-order chi connectivity index (χ0) is 21.6. The number of halogens is 6. The monoisotopic (exact) mass is 428 g/mol. The van der Waals surface area contributed by atoms with Crippen molar-refractivity contribution in [2.24, 2.45) is 5.73 Å². The molecule has 0 unspecified atom stereocenters. The topological polar surface area (TPSA) is 47.1 Å². The maximum atomic E-state index is 13.9. The number of aromatic nitrogens is 2. The molecule has 0 aliphatic carbocycles. The molecule has 0 radical (unpaired) electrons. The van der Waals surface area contributed by atoms with E-state index in [1.807, 2.05) is 0 Å². The molecule has 2 aromatic carbocycles. The number of fused-ring (bicyclic) bond motifs is 1. The Morgan fingerprint density at radius 2 is 1.83 bits per heavy atom. The van der Waals surface area contributed by atoms with Gasteiger partial charge >= 0.3 is 6.18 Å². The number of benzene rings is 2. The summed E-state index contributed by atoms with van der Waals surface area (Å²) < 4.78 is 82.2. The van der Waals surface area contributed by atoms with E-state index in [1.54, 1.807) is 4.90 Å². The first-order valence-corrected chi connectivity index (χ1v) is 9.29. The zero-order valence-corrected chi connectivity index (χ0v) is 15.6. The SMILES string of the molecule is N[C@@H]1CN(c2nc3cc(F)c(F)cc3n2Cc2cccc(C(F)(F)F)c2)CC[C@H]1F. The van der Waals surface area contributed by atoms with Crippen molar-refractivity contribution in [3.63, 3.8) is 0 Å². The highest BCUT2D eigenvalue weighted by atomic mass is 19.4. The van der Waals surface area contributed by atoms with Crippen LogP contribution in [-0.4, -0.2) is 34.9 Å². The van der Waals surface area contributed by atoms with Gasteiger partial charge in [0.05, 0.1) is 29.2 Å². The summed E-state index contributed by atoms with van der Waals surface area (Å²) in [7, 11) is 0. The number of anilines is 1. The number of alkyl halides is 4. The van der Waals surface area contributed by atoms with Crippen molar-refractivity contribution in [2.75, 3.05) is 18.0 Å². The second-order valence-electron chi connectivity index (χ2n) is 7.37. The highest BCUT2D eigenvalue weighted by Gasteiger charge is 2.31. The van der Waals surface area contributed by atoms with Gasteiger partial charge in [-0.25, -0.2) is 18.2 Å². The molecule has 0 bridgehead atoms. The molecule has 1 aliphatic heterocycles. The summed E-state index contributed by atoms with van der Waals surface area (Å²) in [6, 6.07) is 5.85. The Morgan fingerprint density at radius 1 is 1.10 bits per heavy atom. The molecule has 0 amide bonds. The van der Waals surface area contributed by atoms with Crippen LogP contribution in [0, 0.1) is 11.6 Å².